The van der Waals surface area contributed by atoms with Crippen LogP contribution in [0.4, 0.5) is 10.2 Å². The summed E-state index contributed by atoms with van der Waals surface area (Å²) in [5, 5.41) is 3.70. The average molecular weight is 497 g/mol. The lowest BCUT2D eigenvalue weighted by atomic mass is 9.50. The summed E-state index contributed by atoms with van der Waals surface area (Å²) in [5.74, 6) is 1.31. The topological polar surface area (TPSA) is 50.2 Å². The van der Waals surface area contributed by atoms with Gasteiger partial charge in [-0.1, -0.05) is 31.2 Å². The van der Waals surface area contributed by atoms with Crippen LogP contribution in [-0.4, -0.2) is 35.6 Å². The SMILES string of the molecule is CC1CC2(C1)CC(NC(=O)c1ccc(F)c3ccn(Cc4ccc(-c5ccnc(N(C)C)c5)cc4)c13)C2. The van der Waals surface area contributed by atoms with Gasteiger partial charge in [0.15, 0.2) is 0 Å². The van der Waals surface area contributed by atoms with E-state index in [2.05, 4.69) is 47.6 Å². The van der Waals surface area contributed by atoms with Crippen molar-refractivity contribution < 1.29 is 9.18 Å². The zero-order valence-corrected chi connectivity index (χ0v) is 21.7. The third-order valence-corrected chi connectivity index (χ3v) is 8.22. The first-order valence-corrected chi connectivity index (χ1v) is 13.1. The lowest BCUT2D eigenvalue weighted by molar-refractivity contribution is -0.0399. The highest BCUT2D eigenvalue weighted by Gasteiger charge is 2.51. The predicted molar refractivity (Wildman–Crippen MR) is 146 cm³/mol. The van der Waals surface area contributed by atoms with Crippen LogP contribution in [0.15, 0.2) is 67.0 Å². The van der Waals surface area contributed by atoms with Gasteiger partial charge in [0.2, 0.25) is 0 Å². The molecule has 0 saturated heterocycles. The van der Waals surface area contributed by atoms with E-state index in [0.717, 1.165) is 41.3 Å². The minimum Gasteiger partial charge on any atom is -0.363 e. The summed E-state index contributed by atoms with van der Waals surface area (Å²) in [6.45, 7) is 2.85. The minimum atomic E-state index is -0.305. The standard InChI is InChI=1S/C31H33FN4O/c1-20-15-31(16-20)17-24(18-31)34-30(37)26-8-9-27(32)25-11-13-36(29(25)26)19-21-4-6-22(7-5-21)23-10-12-33-28(14-23)35(2)3/h4-14,20,24H,15-19H2,1-3H3,(H,34,37). The molecular weight excluding hydrogens is 463 g/mol. The molecule has 2 aromatic heterocycles. The number of hydrogen-bond acceptors (Lipinski definition) is 3. The van der Waals surface area contributed by atoms with E-state index in [4.69, 9.17) is 0 Å². The Kier molecular flexibility index (Phi) is 5.78. The Morgan fingerprint density at radius 3 is 2.51 bits per heavy atom. The van der Waals surface area contributed by atoms with Crippen molar-refractivity contribution in [2.75, 3.05) is 19.0 Å². The maximum Gasteiger partial charge on any atom is 0.253 e. The summed E-state index contributed by atoms with van der Waals surface area (Å²) < 4.78 is 16.7. The molecule has 4 aromatic rings. The Hall–Kier alpha value is -3.67. The van der Waals surface area contributed by atoms with Crippen LogP contribution < -0.4 is 10.2 Å². The van der Waals surface area contributed by atoms with Crippen LogP contribution in [0.1, 0.15) is 48.5 Å². The molecule has 6 heteroatoms. The van der Waals surface area contributed by atoms with Crippen molar-refractivity contribution in [1.82, 2.24) is 14.9 Å². The van der Waals surface area contributed by atoms with E-state index < -0.39 is 0 Å². The Morgan fingerprint density at radius 2 is 1.81 bits per heavy atom. The quantitative estimate of drug-likeness (QED) is 0.343. The van der Waals surface area contributed by atoms with Crippen LogP contribution in [0, 0.1) is 17.2 Å². The van der Waals surface area contributed by atoms with Gasteiger partial charge in [0.05, 0.1) is 11.1 Å². The number of amides is 1. The van der Waals surface area contributed by atoms with Crippen LogP contribution in [0.5, 0.6) is 0 Å². The molecule has 5 nitrogen and oxygen atoms in total. The smallest absolute Gasteiger partial charge is 0.253 e. The second kappa shape index (κ2) is 9.02. The fraction of sp³-hybridized carbons (Fsp3) is 0.355. The fourth-order valence-corrected chi connectivity index (χ4v) is 6.55. The number of pyridine rings is 1. The van der Waals surface area contributed by atoms with Crippen LogP contribution in [0.25, 0.3) is 22.0 Å². The predicted octanol–water partition coefficient (Wildman–Crippen LogP) is 6.27. The summed E-state index contributed by atoms with van der Waals surface area (Å²) in [7, 11) is 3.96. The molecule has 0 atom stereocenters. The molecule has 0 bridgehead atoms. The molecule has 0 unspecified atom stereocenters. The summed E-state index contributed by atoms with van der Waals surface area (Å²) in [4.78, 5) is 19.7. The average Bonchev–Trinajstić information content (AvgIpc) is 3.27. The van der Waals surface area contributed by atoms with Crippen molar-refractivity contribution in [2.24, 2.45) is 11.3 Å². The monoisotopic (exact) mass is 496 g/mol. The first kappa shape index (κ1) is 23.7. The van der Waals surface area contributed by atoms with Crippen LogP contribution in [0.3, 0.4) is 0 Å². The van der Waals surface area contributed by atoms with Crippen molar-refractivity contribution in [3.63, 3.8) is 0 Å². The second-order valence-electron chi connectivity index (χ2n) is 11.4. The van der Waals surface area contributed by atoms with E-state index in [1.165, 1.54) is 18.9 Å². The van der Waals surface area contributed by atoms with Gasteiger partial charge in [0.1, 0.15) is 11.6 Å². The van der Waals surface area contributed by atoms with Gasteiger partial charge in [0, 0.05) is 44.5 Å². The molecule has 6 rings (SSSR count). The molecule has 190 valence electrons. The summed E-state index contributed by atoms with van der Waals surface area (Å²) in [6.07, 6.45) is 8.38. The Balaban J connectivity index is 1.22. The molecule has 0 aliphatic heterocycles. The number of nitrogens with one attached hydrogen (secondary N) is 1. The molecule has 1 spiro atoms. The van der Waals surface area contributed by atoms with Crippen molar-refractivity contribution in [2.45, 2.75) is 45.2 Å². The maximum atomic E-state index is 14.7. The Morgan fingerprint density at radius 1 is 1.05 bits per heavy atom. The molecule has 0 radical (unpaired) electrons. The van der Waals surface area contributed by atoms with Crippen molar-refractivity contribution >= 4 is 22.6 Å². The van der Waals surface area contributed by atoms with Gasteiger partial charge in [0.25, 0.3) is 5.91 Å². The van der Waals surface area contributed by atoms with Crippen molar-refractivity contribution in [3.05, 3.63) is 83.9 Å². The third-order valence-electron chi connectivity index (χ3n) is 8.22. The van der Waals surface area contributed by atoms with E-state index in [-0.39, 0.29) is 17.8 Å². The summed E-state index contributed by atoms with van der Waals surface area (Å²) in [5.41, 5.74) is 4.95. The first-order valence-electron chi connectivity index (χ1n) is 13.1. The van der Waals surface area contributed by atoms with E-state index in [1.807, 2.05) is 42.0 Å². The molecular formula is C31H33FN4O. The highest BCUT2D eigenvalue weighted by Crippen LogP contribution is 2.58. The zero-order chi connectivity index (χ0) is 25.7. The van der Waals surface area contributed by atoms with Crippen LogP contribution >= 0.6 is 0 Å². The number of nitrogens with zero attached hydrogens (tertiary/aromatic N) is 3. The Bertz CT molecular complexity index is 1460. The number of hydrogen-bond donors (Lipinski definition) is 1. The third kappa shape index (κ3) is 4.39. The number of benzene rings is 2. The van der Waals surface area contributed by atoms with Crippen molar-refractivity contribution in [1.29, 1.82) is 0 Å². The van der Waals surface area contributed by atoms with Gasteiger partial charge in [-0.25, -0.2) is 9.37 Å². The summed E-state index contributed by atoms with van der Waals surface area (Å²) >= 11 is 0. The van der Waals surface area contributed by atoms with Gasteiger partial charge in [-0.2, -0.15) is 0 Å². The molecule has 1 amide bonds. The van der Waals surface area contributed by atoms with Crippen LogP contribution in [0.2, 0.25) is 0 Å². The van der Waals surface area contributed by atoms with Gasteiger partial charge in [-0.15, -0.1) is 0 Å². The number of fused-ring (bicyclic) bond motifs is 1. The minimum absolute atomic E-state index is 0.109. The first-order chi connectivity index (χ1) is 17.8. The maximum absolute atomic E-state index is 14.7. The lowest BCUT2D eigenvalue weighted by Gasteiger charge is -2.57. The zero-order valence-electron chi connectivity index (χ0n) is 21.7. The van der Waals surface area contributed by atoms with Gasteiger partial charge >= 0.3 is 0 Å². The Labute approximate surface area is 217 Å². The second-order valence-corrected chi connectivity index (χ2v) is 11.4. The van der Waals surface area contributed by atoms with Gasteiger partial charge < -0.3 is 14.8 Å². The normalized spacial score (nSPS) is 22.5. The van der Waals surface area contributed by atoms with Gasteiger partial charge in [-0.3, -0.25) is 4.79 Å². The number of anilines is 1. The highest BCUT2D eigenvalue weighted by molar-refractivity contribution is 6.06. The molecule has 1 N–H and O–H groups in total. The van der Waals surface area contributed by atoms with Crippen molar-refractivity contribution in [3.8, 4) is 11.1 Å². The molecule has 2 aliphatic carbocycles. The van der Waals surface area contributed by atoms with E-state index in [1.54, 1.807) is 12.1 Å². The van der Waals surface area contributed by atoms with Gasteiger partial charge in [-0.05, 0) is 84.0 Å². The lowest BCUT2D eigenvalue weighted by Crippen LogP contribution is -2.55. The number of carbonyl (C=O) groups is 1. The molecule has 37 heavy (non-hydrogen) atoms. The molecule has 2 fully saturated rings. The molecule has 2 heterocycles. The number of halogens is 1. The summed E-state index contributed by atoms with van der Waals surface area (Å²) in [6, 6.07) is 17.5. The number of rotatable bonds is 6. The largest absolute Gasteiger partial charge is 0.363 e. The van der Waals surface area contributed by atoms with E-state index in [9.17, 15) is 9.18 Å². The fourth-order valence-electron chi connectivity index (χ4n) is 6.55. The molecule has 2 saturated carbocycles. The van der Waals surface area contributed by atoms with Crippen LogP contribution in [-0.2, 0) is 6.54 Å². The number of aromatic nitrogens is 2. The molecule has 2 aliphatic rings. The van der Waals surface area contributed by atoms with E-state index in [0.29, 0.717) is 28.4 Å². The highest BCUT2D eigenvalue weighted by atomic mass is 19.1. The van der Waals surface area contributed by atoms with E-state index >= 15 is 0 Å². The number of carbonyl (C=O) groups excluding carboxylic acids is 1. The molecule has 2 aromatic carbocycles.